The van der Waals surface area contributed by atoms with E-state index in [1.165, 1.54) is 4.90 Å². The van der Waals surface area contributed by atoms with Gasteiger partial charge in [-0.05, 0) is 6.92 Å². The third-order valence-corrected chi connectivity index (χ3v) is 4.43. The van der Waals surface area contributed by atoms with Crippen LogP contribution in [0.4, 0.5) is 5.82 Å². The van der Waals surface area contributed by atoms with Crippen molar-refractivity contribution >= 4 is 21.6 Å². The Morgan fingerprint density at radius 3 is 2.47 bits per heavy atom. The molecule has 0 unspecified atom stereocenters. The number of hydrogen-bond donors (Lipinski definition) is 2. The maximum absolute atomic E-state index is 12.1. The van der Waals surface area contributed by atoms with Crippen LogP contribution in [0, 0.1) is 6.92 Å². The number of nitrogens with one attached hydrogen (secondary N) is 1. The number of anilines is 1. The number of sulfone groups is 1. The Hall–Kier alpha value is -1.57. The lowest BCUT2D eigenvalue weighted by atomic mass is 10.2. The Labute approximate surface area is 98.9 Å². The van der Waals surface area contributed by atoms with Gasteiger partial charge in [-0.3, -0.25) is 9.89 Å². The molecule has 7 nitrogen and oxygen atoms in total. The summed E-state index contributed by atoms with van der Waals surface area (Å²) in [5.41, 5.74) is 6.53. The molecule has 0 saturated carbocycles. The minimum absolute atomic E-state index is 0.00947. The summed E-state index contributed by atoms with van der Waals surface area (Å²) < 4.78 is 22.5. The fourth-order valence-electron chi connectivity index (χ4n) is 1.79. The summed E-state index contributed by atoms with van der Waals surface area (Å²) in [6.07, 6.45) is 0. The smallest absolute Gasteiger partial charge is 0.259 e. The van der Waals surface area contributed by atoms with Crippen LogP contribution in [0.25, 0.3) is 0 Å². The molecule has 1 aliphatic heterocycles. The van der Waals surface area contributed by atoms with Crippen molar-refractivity contribution in [1.82, 2.24) is 15.1 Å². The van der Waals surface area contributed by atoms with Gasteiger partial charge in [0.2, 0.25) is 0 Å². The van der Waals surface area contributed by atoms with Crippen LogP contribution >= 0.6 is 0 Å². The molecule has 3 N–H and O–H groups in total. The number of carbonyl (C=O) groups is 1. The van der Waals surface area contributed by atoms with Gasteiger partial charge in [0.05, 0.1) is 11.5 Å². The number of carbonyl (C=O) groups excluding carboxylic acids is 1. The summed E-state index contributed by atoms with van der Waals surface area (Å²) >= 11 is 0. The Kier molecular flexibility index (Phi) is 2.82. The van der Waals surface area contributed by atoms with E-state index in [-0.39, 0.29) is 36.3 Å². The van der Waals surface area contributed by atoms with Crippen LogP contribution in [0.15, 0.2) is 0 Å². The zero-order valence-corrected chi connectivity index (χ0v) is 10.2. The first-order chi connectivity index (χ1) is 7.91. The number of hydrogen-bond acceptors (Lipinski definition) is 5. The maximum Gasteiger partial charge on any atom is 0.259 e. The molecular formula is C9H14N4O3S. The first-order valence-corrected chi connectivity index (χ1v) is 7.03. The van der Waals surface area contributed by atoms with Gasteiger partial charge in [-0.1, -0.05) is 0 Å². The number of nitrogens with zero attached hydrogens (tertiary/aromatic N) is 2. The fraction of sp³-hybridized carbons (Fsp3) is 0.556. The molecule has 1 aliphatic rings. The third-order valence-electron chi connectivity index (χ3n) is 2.82. The number of amides is 1. The molecule has 1 aromatic rings. The number of nitrogen functional groups attached to an aromatic ring is 1. The van der Waals surface area contributed by atoms with E-state index in [0.717, 1.165) is 0 Å². The highest BCUT2D eigenvalue weighted by Gasteiger charge is 2.28. The minimum Gasteiger partial charge on any atom is -0.382 e. The highest BCUT2D eigenvalue weighted by atomic mass is 32.2. The van der Waals surface area contributed by atoms with Crippen molar-refractivity contribution in [2.24, 2.45) is 0 Å². The van der Waals surface area contributed by atoms with Crippen molar-refractivity contribution in [1.29, 1.82) is 0 Å². The Morgan fingerprint density at radius 2 is 2.00 bits per heavy atom. The van der Waals surface area contributed by atoms with Crippen LogP contribution < -0.4 is 5.73 Å². The number of nitrogens with two attached hydrogens (primary N) is 1. The van der Waals surface area contributed by atoms with E-state index in [2.05, 4.69) is 10.2 Å². The van der Waals surface area contributed by atoms with Crippen LogP contribution in [0.5, 0.6) is 0 Å². The molecule has 0 spiro atoms. The second-order valence-corrected chi connectivity index (χ2v) is 6.36. The van der Waals surface area contributed by atoms with Gasteiger partial charge in [-0.2, -0.15) is 5.10 Å². The quantitative estimate of drug-likeness (QED) is 0.683. The molecular weight excluding hydrogens is 244 g/mol. The lowest BCUT2D eigenvalue weighted by Gasteiger charge is -2.26. The second-order valence-electron chi connectivity index (χ2n) is 4.05. The van der Waals surface area contributed by atoms with Gasteiger partial charge >= 0.3 is 0 Å². The highest BCUT2D eigenvalue weighted by Crippen LogP contribution is 2.16. The van der Waals surface area contributed by atoms with E-state index in [9.17, 15) is 13.2 Å². The fourth-order valence-corrected chi connectivity index (χ4v) is 2.99. The van der Waals surface area contributed by atoms with E-state index in [1.54, 1.807) is 6.92 Å². The molecule has 94 valence electrons. The van der Waals surface area contributed by atoms with Gasteiger partial charge in [0, 0.05) is 18.8 Å². The Balaban J connectivity index is 2.18. The molecule has 0 radical (unpaired) electrons. The van der Waals surface area contributed by atoms with Crippen molar-refractivity contribution < 1.29 is 13.2 Å². The van der Waals surface area contributed by atoms with Crippen molar-refractivity contribution in [2.45, 2.75) is 6.92 Å². The van der Waals surface area contributed by atoms with Gasteiger partial charge in [0.1, 0.15) is 5.56 Å². The molecule has 0 atom stereocenters. The molecule has 17 heavy (non-hydrogen) atoms. The lowest BCUT2D eigenvalue weighted by Crippen LogP contribution is -2.44. The standard InChI is InChI=1S/C9H14N4O3S/c1-6-7(8(10)12-11-6)9(14)13-2-4-17(15,16)5-3-13/h2-5H2,1H3,(H3,10,11,12). The molecule has 8 heteroatoms. The Bertz CT molecular complexity index is 515. The monoisotopic (exact) mass is 258 g/mol. The van der Waals surface area contributed by atoms with Crippen molar-refractivity contribution in [3.8, 4) is 0 Å². The van der Waals surface area contributed by atoms with Gasteiger partial charge < -0.3 is 10.6 Å². The summed E-state index contributed by atoms with van der Waals surface area (Å²) in [5, 5.41) is 6.38. The third kappa shape index (κ3) is 2.26. The molecule has 2 rings (SSSR count). The van der Waals surface area contributed by atoms with E-state index >= 15 is 0 Å². The van der Waals surface area contributed by atoms with Gasteiger partial charge in [0.25, 0.3) is 5.91 Å². The van der Waals surface area contributed by atoms with Gasteiger partial charge in [-0.15, -0.1) is 0 Å². The van der Waals surface area contributed by atoms with Gasteiger partial charge in [0.15, 0.2) is 15.7 Å². The number of H-pyrrole nitrogens is 1. The van der Waals surface area contributed by atoms with Crippen LogP contribution in [0.3, 0.4) is 0 Å². The highest BCUT2D eigenvalue weighted by molar-refractivity contribution is 7.91. The largest absolute Gasteiger partial charge is 0.382 e. The molecule has 1 saturated heterocycles. The summed E-state index contributed by atoms with van der Waals surface area (Å²) in [5.74, 6) is -0.0879. The maximum atomic E-state index is 12.1. The topological polar surface area (TPSA) is 109 Å². The van der Waals surface area contributed by atoms with E-state index in [4.69, 9.17) is 5.73 Å². The molecule has 2 heterocycles. The lowest BCUT2D eigenvalue weighted by molar-refractivity contribution is 0.0770. The molecule has 0 aliphatic carbocycles. The normalized spacial score (nSPS) is 19.2. The minimum atomic E-state index is -2.99. The SMILES string of the molecule is Cc1[nH]nc(N)c1C(=O)N1CCS(=O)(=O)CC1. The molecule has 1 amide bonds. The molecule has 0 aromatic carbocycles. The summed E-state index contributed by atoms with van der Waals surface area (Å²) in [7, 11) is -2.99. The van der Waals surface area contributed by atoms with Crippen molar-refractivity contribution in [3.63, 3.8) is 0 Å². The first-order valence-electron chi connectivity index (χ1n) is 5.21. The van der Waals surface area contributed by atoms with E-state index in [0.29, 0.717) is 11.3 Å². The zero-order valence-electron chi connectivity index (χ0n) is 9.43. The predicted octanol–water partition coefficient (Wildman–Crippen LogP) is -0.829. The Morgan fingerprint density at radius 1 is 1.41 bits per heavy atom. The predicted molar refractivity (Wildman–Crippen MR) is 62.3 cm³/mol. The summed E-state index contributed by atoms with van der Waals surface area (Å²) in [6, 6.07) is 0. The zero-order chi connectivity index (χ0) is 12.6. The average molecular weight is 258 g/mol. The van der Waals surface area contributed by atoms with Crippen LogP contribution in [0.2, 0.25) is 0 Å². The van der Waals surface area contributed by atoms with Crippen molar-refractivity contribution in [2.75, 3.05) is 30.3 Å². The van der Waals surface area contributed by atoms with Crippen LogP contribution in [-0.4, -0.2) is 54.0 Å². The first kappa shape index (κ1) is 11.9. The average Bonchev–Trinajstić information content (AvgIpc) is 2.58. The summed E-state index contributed by atoms with van der Waals surface area (Å²) in [6.45, 7) is 2.13. The number of rotatable bonds is 1. The summed E-state index contributed by atoms with van der Waals surface area (Å²) in [4.78, 5) is 13.6. The number of aromatic nitrogens is 2. The van der Waals surface area contributed by atoms with E-state index in [1.807, 2.05) is 0 Å². The van der Waals surface area contributed by atoms with E-state index < -0.39 is 9.84 Å². The van der Waals surface area contributed by atoms with Crippen LogP contribution in [0.1, 0.15) is 16.1 Å². The number of aryl methyl sites for hydroxylation is 1. The molecule has 1 fully saturated rings. The van der Waals surface area contributed by atoms with Crippen molar-refractivity contribution in [3.05, 3.63) is 11.3 Å². The number of aromatic amines is 1. The van der Waals surface area contributed by atoms with Crippen LogP contribution in [-0.2, 0) is 9.84 Å². The molecule has 1 aromatic heterocycles. The molecule has 0 bridgehead atoms. The van der Waals surface area contributed by atoms with Gasteiger partial charge in [-0.25, -0.2) is 8.42 Å². The second kappa shape index (κ2) is 4.02.